The van der Waals surface area contributed by atoms with Crippen LogP contribution in [0.5, 0.6) is 0 Å². The maximum atomic E-state index is 12.7. The second-order valence-corrected chi connectivity index (χ2v) is 3.24. The largest absolute Gasteiger partial charge is 0.327 e. The van der Waals surface area contributed by atoms with Gasteiger partial charge in [-0.25, -0.2) is 4.39 Å². The third-order valence-corrected chi connectivity index (χ3v) is 2.47. The number of hydrogen-bond acceptors (Lipinski definition) is 1. The minimum absolute atomic E-state index is 0.249. The van der Waals surface area contributed by atoms with E-state index in [0.29, 0.717) is 10.9 Å². The zero-order valence-electron chi connectivity index (χ0n) is 5.77. The standard InChI is InChI=1S/C7H4BrClFNO/c8-5-1-4(10)2-6(7(5)9)11-3-12/h1-3H,(H,11,12). The molecule has 5 heteroatoms. The Hall–Kier alpha value is -0.610. The van der Waals surface area contributed by atoms with Gasteiger partial charge in [0.25, 0.3) is 0 Å². The van der Waals surface area contributed by atoms with Crippen molar-refractivity contribution in [2.75, 3.05) is 5.32 Å². The lowest BCUT2D eigenvalue weighted by Gasteiger charge is -2.03. The highest BCUT2D eigenvalue weighted by Crippen LogP contribution is 2.30. The van der Waals surface area contributed by atoms with Crippen LogP contribution in [0.25, 0.3) is 0 Å². The van der Waals surface area contributed by atoms with Gasteiger partial charge >= 0.3 is 0 Å². The average molecular weight is 252 g/mol. The molecule has 0 aliphatic rings. The summed E-state index contributed by atoms with van der Waals surface area (Å²) in [6.07, 6.45) is 0.438. The highest BCUT2D eigenvalue weighted by atomic mass is 79.9. The van der Waals surface area contributed by atoms with Crippen molar-refractivity contribution in [2.24, 2.45) is 0 Å². The van der Waals surface area contributed by atoms with Gasteiger partial charge in [-0.3, -0.25) is 4.79 Å². The van der Waals surface area contributed by atoms with E-state index in [1.54, 1.807) is 0 Å². The fraction of sp³-hybridized carbons (Fsp3) is 0. The highest BCUT2D eigenvalue weighted by molar-refractivity contribution is 9.10. The number of halogens is 3. The number of anilines is 1. The van der Waals surface area contributed by atoms with Crippen LogP contribution in [0.4, 0.5) is 10.1 Å². The van der Waals surface area contributed by atoms with Gasteiger partial charge in [0.1, 0.15) is 5.82 Å². The number of hydrogen-bond donors (Lipinski definition) is 1. The van der Waals surface area contributed by atoms with Crippen molar-refractivity contribution >= 4 is 39.6 Å². The molecule has 0 atom stereocenters. The fourth-order valence-corrected chi connectivity index (χ4v) is 1.32. The lowest BCUT2D eigenvalue weighted by atomic mass is 10.3. The topological polar surface area (TPSA) is 29.1 Å². The monoisotopic (exact) mass is 251 g/mol. The summed E-state index contributed by atoms with van der Waals surface area (Å²) in [5.41, 5.74) is 0.249. The Balaban J connectivity index is 3.17. The molecule has 0 fully saturated rings. The predicted octanol–water partition coefficient (Wildman–Crippen LogP) is 2.81. The van der Waals surface area contributed by atoms with Crippen molar-refractivity contribution in [3.63, 3.8) is 0 Å². The second-order valence-electron chi connectivity index (χ2n) is 2.01. The molecule has 0 aliphatic heterocycles. The Morgan fingerprint density at radius 2 is 2.25 bits per heavy atom. The summed E-state index contributed by atoms with van der Waals surface area (Å²) in [7, 11) is 0. The van der Waals surface area contributed by atoms with Gasteiger partial charge in [0.05, 0.1) is 10.7 Å². The van der Waals surface area contributed by atoms with Crippen LogP contribution in [0, 0.1) is 5.82 Å². The number of nitrogens with one attached hydrogen (secondary N) is 1. The van der Waals surface area contributed by atoms with E-state index in [1.165, 1.54) is 6.07 Å². The lowest BCUT2D eigenvalue weighted by Crippen LogP contribution is -1.95. The van der Waals surface area contributed by atoms with Gasteiger partial charge in [-0.15, -0.1) is 0 Å². The summed E-state index contributed by atoms with van der Waals surface area (Å²) in [5, 5.41) is 2.56. The first kappa shape index (κ1) is 9.48. The number of carbonyl (C=O) groups is 1. The van der Waals surface area contributed by atoms with Crippen molar-refractivity contribution in [1.29, 1.82) is 0 Å². The zero-order valence-corrected chi connectivity index (χ0v) is 8.12. The fourth-order valence-electron chi connectivity index (χ4n) is 0.725. The molecule has 12 heavy (non-hydrogen) atoms. The van der Waals surface area contributed by atoms with Crippen molar-refractivity contribution < 1.29 is 9.18 Å². The van der Waals surface area contributed by atoms with Crippen molar-refractivity contribution in [3.05, 3.63) is 27.4 Å². The molecule has 0 aliphatic carbocycles. The number of amides is 1. The van der Waals surface area contributed by atoms with E-state index in [9.17, 15) is 9.18 Å². The zero-order chi connectivity index (χ0) is 9.14. The molecule has 0 saturated heterocycles. The molecule has 1 aromatic rings. The van der Waals surface area contributed by atoms with Crippen molar-refractivity contribution in [2.45, 2.75) is 0 Å². The molecule has 1 rings (SSSR count). The molecule has 0 unspecified atom stereocenters. The molecule has 0 saturated carbocycles. The van der Waals surface area contributed by atoms with Crippen LogP contribution in [0.2, 0.25) is 5.02 Å². The molecule has 0 aromatic heterocycles. The Morgan fingerprint density at radius 1 is 1.58 bits per heavy atom. The minimum Gasteiger partial charge on any atom is -0.327 e. The van der Waals surface area contributed by atoms with Gasteiger partial charge in [-0.2, -0.15) is 0 Å². The first-order chi connectivity index (χ1) is 5.65. The molecule has 0 heterocycles. The second kappa shape index (κ2) is 3.87. The number of benzene rings is 1. The smallest absolute Gasteiger partial charge is 0.211 e. The van der Waals surface area contributed by atoms with Crippen LogP contribution in [0.15, 0.2) is 16.6 Å². The quantitative estimate of drug-likeness (QED) is 0.636. The Kier molecular flexibility index (Phi) is 3.05. The first-order valence-corrected chi connectivity index (χ1v) is 4.17. The van der Waals surface area contributed by atoms with Gasteiger partial charge in [-0.1, -0.05) is 11.6 Å². The Bertz CT molecular complexity index is 319. The third kappa shape index (κ3) is 1.95. The van der Waals surface area contributed by atoms with E-state index < -0.39 is 5.82 Å². The maximum Gasteiger partial charge on any atom is 0.211 e. The van der Waals surface area contributed by atoms with Crippen LogP contribution in [-0.2, 0) is 4.79 Å². The highest BCUT2D eigenvalue weighted by Gasteiger charge is 2.05. The van der Waals surface area contributed by atoms with E-state index in [0.717, 1.165) is 6.07 Å². The van der Waals surface area contributed by atoms with Gasteiger partial charge < -0.3 is 5.32 Å². The summed E-state index contributed by atoms with van der Waals surface area (Å²) in [4.78, 5) is 10.0. The summed E-state index contributed by atoms with van der Waals surface area (Å²) < 4.78 is 13.1. The van der Waals surface area contributed by atoms with E-state index in [4.69, 9.17) is 11.6 Å². The van der Waals surface area contributed by atoms with E-state index >= 15 is 0 Å². The van der Waals surface area contributed by atoms with Crippen molar-refractivity contribution in [3.8, 4) is 0 Å². The molecule has 64 valence electrons. The van der Waals surface area contributed by atoms with Crippen molar-refractivity contribution in [1.82, 2.24) is 0 Å². The first-order valence-electron chi connectivity index (χ1n) is 3.00. The molecule has 1 N–H and O–H groups in total. The summed E-state index contributed by atoms with van der Waals surface area (Å²) >= 11 is 8.75. The van der Waals surface area contributed by atoms with Crippen LogP contribution in [-0.4, -0.2) is 6.41 Å². The average Bonchev–Trinajstić information content (AvgIpc) is 2.00. The van der Waals surface area contributed by atoms with E-state index in [-0.39, 0.29) is 10.7 Å². The SMILES string of the molecule is O=CNc1cc(F)cc(Br)c1Cl. The molecule has 0 bridgehead atoms. The van der Waals surface area contributed by atoms with Crippen LogP contribution in [0.3, 0.4) is 0 Å². The molecule has 1 aromatic carbocycles. The number of carbonyl (C=O) groups excluding carboxylic acids is 1. The normalized spacial score (nSPS) is 9.58. The van der Waals surface area contributed by atoms with Crippen LogP contribution < -0.4 is 5.32 Å². The van der Waals surface area contributed by atoms with E-state index in [1.807, 2.05) is 0 Å². The number of rotatable bonds is 2. The lowest BCUT2D eigenvalue weighted by molar-refractivity contribution is -0.105. The van der Waals surface area contributed by atoms with Gasteiger partial charge in [-0.05, 0) is 28.1 Å². The summed E-state index contributed by atoms with van der Waals surface area (Å²) in [5.74, 6) is -0.462. The van der Waals surface area contributed by atoms with Gasteiger partial charge in [0, 0.05) is 4.47 Å². The molecular formula is C7H4BrClFNO. The Morgan fingerprint density at radius 3 is 2.83 bits per heavy atom. The van der Waals surface area contributed by atoms with Crippen LogP contribution in [0.1, 0.15) is 0 Å². The molecule has 0 radical (unpaired) electrons. The van der Waals surface area contributed by atoms with Crippen LogP contribution >= 0.6 is 27.5 Å². The molecule has 2 nitrogen and oxygen atoms in total. The van der Waals surface area contributed by atoms with Gasteiger partial charge in [0.2, 0.25) is 6.41 Å². The summed E-state index contributed by atoms with van der Waals surface area (Å²) in [6.45, 7) is 0. The minimum atomic E-state index is -0.462. The third-order valence-electron chi connectivity index (χ3n) is 1.21. The Labute approximate surface area is 81.8 Å². The molecule has 1 amide bonds. The molecule has 0 spiro atoms. The maximum absolute atomic E-state index is 12.7. The van der Waals surface area contributed by atoms with Gasteiger partial charge in [0.15, 0.2) is 0 Å². The predicted molar refractivity (Wildman–Crippen MR) is 48.8 cm³/mol. The van der Waals surface area contributed by atoms with E-state index in [2.05, 4.69) is 21.2 Å². The summed E-state index contributed by atoms with van der Waals surface area (Å²) in [6, 6.07) is 2.36. The molecular weight excluding hydrogens is 248 g/mol.